The summed E-state index contributed by atoms with van der Waals surface area (Å²) in [7, 11) is -2.84. The monoisotopic (exact) mass is 268 g/mol. The molecule has 0 spiro atoms. The Labute approximate surface area is 109 Å². The first kappa shape index (κ1) is 13.5. The molecule has 1 unspecified atom stereocenters. The van der Waals surface area contributed by atoms with Gasteiger partial charge in [0.1, 0.15) is 0 Å². The number of rotatable bonds is 3. The molecule has 0 bridgehead atoms. The Morgan fingerprint density at radius 3 is 2.61 bits per heavy atom. The Kier molecular flexibility index (Phi) is 4.04. The Bertz CT molecular complexity index is 513. The lowest BCUT2D eigenvalue weighted by Crippen LogP contribution is -2.46. The fourth-order valence-electron chi connectivity index (χ4n) is 2.40. The first-order valence-electron chi connectivity index (χ1n) is 6.23. The van der Waals surface area contributed by atoms with Crippen molar-refractivity contribution < 1.29 is 8.42 Å². The zero-order chi connectivity index (χ0) is 13.2. The molecule has 1 aliphatic heterocycles. The van der Waals surface area contributed by atoms with Crippen LogP contribution in [0.15, 0.2) is 24.3 Å². The smallest absolute Gasteiger partial charge is 0.153 e. The van der Waals surface area contributed by atoms with E-state index in [2.05, 4.69) is 11.0 Å². The van der Waals surface area contributed by atoms with Crippen LogP contribution < -0.4 is 5.73 Å². The van der Waals surface area contributed by atoms with E-state index in [1.165, 1.54) is 5.56 Å². The summed E-state index contributed by atoms with van der Waals surface area (Å²) in [4.78, 5) is 2.22. The molecule has 18 heavy (non-hydrogen) atoms. The quantitative estimate of drug-likeness (QED) is 0.879. The van der Waals surface area contributed by atoms with E-state index in [1.54, 1.807) is 0 Å². The van der Waals surface area contributed by atoms with Crippen molar-refractivity contribution in [2.24, 2.45) is 5.73 Å². The highest BCUT2D eigenvalue weighted by Gasteiger charge is 2.28. The minimum atomic E-state index is -2.84. The van der Waals surface area contributed by atoms with Crippen molar-refractivity contribution in [3.8, 4) is 0 Å². The third kappa shape index (κ3) is 3.10. The Hall–Kier alpha value is -0.910. The lowest BCUT2D eigenvalue weighted by Gasteiger charge is -2.33. The summed E-state index contributed by atoms with van der Waals surface area (Å²) in [6.45, 7) is 3.89. The van der Waals surface area contributed by atoms with E-state index in [-0.39, 0.29) is 17.5 Å². The summed E-state index contributed by atoms with van der Waals surface area (Å²) in [6, 6.07) is 8.16. The van der Waals surface area contributed by atoms with Gasteiger partial charge in [0, 0.05) is 25.7 Å². The Morgan fingerprint density at radius 2 is 2.00 bits per heavy atom. The molecule has 1 saturated heterocycles. The molecule has 5 heteroatoms. The van der Waals surface area contributed by atoms with Crippen molar-refractivity contribution in [2.45, 2.75) is 26.1 Å². The van der Waals surface area contributed by atoms with Gasteiger partial charge in [0.15, 0.2) is 9.84 Å². The van der Waals surface area contributed by atoms with Gasteiger partial charge in [-0.05, 0) is 18.1 Å². The van der Waals surface area contributed by atoms with Gasteiger partial charge in [0.05, 0.1) is 11.5 Å². The van der Waals surface area contributed by atoms with Gasteiger partial charge in [-0.3, -0.25) is 4.90 Å². The highest BCUT2D eigenvalue weighted by Crippen LogP contribution is 2.17. The molecule has 0 aliphatic carbocycles. The number of benzene rings is 1. The zero-order valence-corrected chi connectivity index (χ0v) is 11.5. The SMILES string of the molecule is CC1CS(=O)(=O)CCN1Cc1ccccc1CN. The van der Waals surface area contributed by atoms with E-state index in [1.807, 2.05) is 25.1 Å². The van der Waals surface area contributed by atoms with Gasteiger partial charge < -0.3 is 5.73 Å². The molecule has 1 aliphatic rings. The number of hydrogen-bond acceptors (Lipinski definition) is 4. The molecule has 1 aromatic rings. The minimum absolute atomic E-state index is 0.0783. The van der Waals surface area contributed by atoms with Gasteiger partial charge in [-0.25, -0.2) is 8.42 Å². The van der Waals surface area contributed by atoms with Crippen molar-refractivity contribution in [3.63, 3.8) is 0 Å². The van der Waals surface area contributed by atoms with Crippen LogP contribution in [0.3, 0.4) is 0 Å². The highest BCUT2D eigenvalue weighted by atomic mass is 32.2. The van der Waals surface area contributed by atoms with Gasteiger partial charge in [-0.15, -0.1) is 0 Å². The number of sulfone groups is 1. The van der Waals surface area contributed by atoms with Crippen LogP contribution in [0.1, 0.15) is 18.1 Å². The van der Waals surface area contributed by atoms with Crippen molar-refractivity contribution in [3.05, 3.63) is 35.4 Å². The summed E-state index contributed by atoms with van der Waals surface area (Å²) in [5.74, 6) is 0.528. The molecule has 1 atom stereocenters. The number of nitrogens with zero attached hydrogens (tertiary/aromatic N) is 1. The molecule has 2 rings (SSSR count). The van der Waals surface area contributed by atoms with Crippen molar-refractivity contribution in [1.82, 2.24) is 4.90 Å². The summed E-state index contributed by atoms with van der Waals surface area (Å²) in [6.07, 6.45) is 0. The van der Waals surface area contributed by atoms with Crippen molar-refractivity contribution in [1.29, 1.82) is 0 Å². The third-order valence-electron chi connectivity index (χ3n) is 3.52. The molecule has 0 saturated carbocycles. The maximum absolute atomic E-state index is 11.5. The lowest BCUT2D eigenvalue weighted by molar-refractivity contribution is 0.217. The topological polar surface area (TPSA) is 63.4 Å². The van der Waals surface area contributed by atoms with Crippen LogP contribution in [0, 0.1) is 0 Å². The summed E-state index contributed by atoms with van der Waals surface area (Å²) in [5, 5.41) is 0. The van der Waals surface area contributed by atoms with Crippen LogP contribution in [0.5, 0.6) is 0 Å². The fourth-order valence-corrected chi connectivity index (χ4v) is 4.02. The molecular formula is C13H20N2O2S. The second-order valence-corrected chi connectivity index (χ2v) is 7.14. The standard InChI is InChI=1S/C13H20N2O2S/c1-11-10-18(16,17)7-6-15(11)9-13-5-3-2-4-12(13)8-14/h2-5,11H,6-10,14H2,1H3. The summed E-state index contributed by atoms with van der Waals surface area (Å²) < 4.78 is 23.1. The molecule has 1 fully saturated rings. The molecule has 2 N–H and O–H groups in total. The predicted octanol–water partition coefficient (Wildman–Crippen LogP) is 0.764. The molecule has 0 radical (unpaired) electrons. The van der Waals surface area contributed by atoms with Crippen molar-refractivity contribution >= 4 is 9.84 Å². The predicted molar refractivity (Wildman–Crippen MR) is 72.9 cm³/mol. The second-order valence-electron chi connectivity index (χ2n) is 4.91. The molecule has 0 aromatic heterocycles. The largest absolute Gasteiger partial charge is 0.326 e. The minimum Gasteiger partial charge on any atom is -0.326 e. The maximum atomic E-state index is 11.5. The Morgan fingerprint density at radius 1 is 1.33 bits per heavy atom. The van der Waals surface area contributed by atoms with Gasteiger partial charge >= 0.3 is 0 Å². The maximum Gasteiger partial charge on any atom is 0.153 e. The number of nitrogens with two attached hydrogens (primary N) is 1. The van der Waals surface area contributed by atoms with Crippen molar-refractivity contribution in [2.75, 3.05) is 18.1 Å². The zero-order valence-electron chi connectivity index (χ0n) is 10.7. The average Bonchev–Trinajstić information content (AvgIpc) is 2.33. The fraction of sp³-hybridized carbons (Fsp3) is 0.538. The molecule has 1 aromatic carbocycles. The van der Waals surface area contributed by atoms with Gasteiger partial charge in [-0.2, -0.15) is 0 Å². The van der Waals surface area contributed by atoms with Crippen LogP contribution in [-0.4, -0.2) is 37.4 Å². The van der Waals surface area contributed by atoms with Gasteiger partial charge in [0.25, 0.3) is 0 Å². The van der Waals surface area contributed by atoms with Crippen LogP contribution in [0.2, 0.25) is 0 Å². The molecule has 1 heterocycles. The average molecular weight is 268 g/mol. The van der Waals surface area contributed by atoms with E-state index in [0.29, 0.717) is 13.1 Å². The molecule has 0 amide bonds. The first-order valence-corrected chi connectivity index (χ1v) is 8.05. The van der Waals surface area contributed by atoms with Crippen LogP contribution in [0.25, 0.3) is 0 Å². The van der Waals surface area contributed by atoms with E-state index < -0.39 is 9.84 Å². The normalized spacial score (nSPS) is 24.0. The lowest BCUT2D eigenvalue weighted by atomic mass is 10.1. The van der Waals surface area contributed by atoms with E-state index in [4.69, 9.17) is 5.73 Å². The van der Waals surface area contributed by atoms with Gasteiger partial charge in [-0.1, -0.05) is 24.3 Å². The summed E-state index contributed by atoms with van der Waals surface area (Å²) >= 11 is 0. The second kappa shape index (κ2) is 5.38. The van der Waals surface area contributed by atoms with Crippen LogP contribution >= 0.6 is 0 Å². The highest BCUT2D eigenvalue weighted by molar-refractivity contribution is 7.91. The van der Waals surface area contributed by atoms with Crippen LogP contribution in [-0.2, 0) is 22.9 Å². The molecule has 4 nitrogen and oxygen atoms in total. The molecular weight excluding hydrogens is 248 g/mol. The number of hydrogen-bond donors (Lipinski definition) is 1. The summed E-state index contributed by atoms with van der Waals surface area (Å²) in [5.41, 5.74) is 8.06. The van der Waals surface area contributed by atoms with E-state index in [9.17, 15) is 8.42 Å². The van der Waals surface area contributed by atoms with Gasteiger partial charge in [0.2, 0.25) is 0 Å². The first-order chi connectivity index (χ1) is 8.52. The van der Waals surface area contributed by atoms with E-state index in [0.717, 1.165) is 12.1 Å². The third-order valence-corrected chi connectivity index (χ3v) is 5.31. The molecule has 100 valence electrons. The van der Waals surface area contributed by atoms with E-state index >= 15 is 0 Å². The Balaban J connectivity index is 2.10. The van der Waals surface area contributed by atoms with Crippen LogP contribution in [0.4, 0.5) is 0 Å².